The molecule has 0 aliphatic carbocycles. The summed E-state index contributed by atoms with van der Waals surface area (Å²) in [5, 5.41) is 13.4. The molecule has 2 rings (SSSR count). The summed E-state index contributed by atoms with van der Waals surface area (Å²) in [7, 11) is 0. The van der Waals surface area contributed by atoms with Crippen molar-refractivity contribution in [3.8, 4) is 0 Å². The number of H-pyrrole nitrogens is 1. The first-order chi connectivity index (χ1) is 9.10. The maximum atomic E-state index is 11.2. The largest absolute Gasteiger partial charge is 0.465 e. The molecule has 19 heavy (non-hydrogen) atoms. The summed E-state index contributed by atoms with van der Waals surface area (Å²) < 4.78 is 4.76. The molecule has 0 unspecified atom stereocenters. The number of carbonyl (C=O) groups excluding carboxylic acids is 1. The Kier molecular flexibility index (Phi) is 3.60. The van der Waals surface area contributed by atoms with Crippen molar-refractivity contribution in [1.29, 1.82) is 0 Å². The highest BCUT2D eigenvalue weighted by Crippen LogP contribution is 2.20. The van der Waals surface area contributed by atoms with Crippen LogP contribution in [0.5, 0.6) is 0 Å². The number of rotatable bonds is 5. The lowest BCUT2D eigenvalue weighted by Crippen LogP contribution is -2.17. The number of nitrogens with one attached hydrogen (secondary N) is 2. The van der Waals surface area contributed by atoms with Gasteiger partial charge in [-0.2, -0.15) is 0 Å². The third-order valence-electron chi connectivity index (χ3n) is 2.38. The second-order valence-electron chi connectivity index (χ2n) is 3.70. The van der Waals surface area contributed by atoms with Crippen molar-refractivity contribution in [2.24, 2.45) is 0 Å². The van der Waals surface area contributed by atoms with Gasteiger partial charge in [0.05, 0.1) is 22.6 Å². The number of hydrogen-bond donors (Lipinski definition) is 2. The number of ether oxygens (including phenoxy) is 1. The van der Waals surface area contributed by atoms with Gasteiger partial charge in [-0.1, -0.05) is 0 Å². The lowest BCUT2D eigenvalue weighted by molar-refractivity contribution is -0.384. The topological polar surface area (TPSA) is 110 Å². The first-order valence-corrected chi connectivity index (χ1v) is 5.64. The van der Waals surface area contributed by atoms with Crippen LogP contribution in [0, 0.1) is 10.1 Å². The molecule has 0 atom stereocenters. The van der Waals surface area contributed by atoms with E-state index >= 15 is 0 Å². The fourth-order valence-corrected chi connectivity index (χ4v) is 1.56. The van der Waals surface area contributed by atoms with Crippen molar-refractivity contribution >= 4 is 28.6 Å². The fourth-order valence-electron chi connectivity index (χ4n) is 1.56. The molecule has 0 saturated heterocycles. The number of non-ortho nitro benzene ring substituents is 1. The molecular weight excluding hydrogens is 252 g/mol. The number of nitro groups is 1. The average Bonchev–Trinajstić information content (AvgIpc) is 2.78. The van der Waals surface area contributed by atoms with E-state index in [4.69, 9.17) is 4.74 Å². The van der Waals surface area contributed by atoms with Gasteiger partial charge in [-0.25, -0.2) is 4.98 Å². The van der Waals surface area contributed by atoms with E-state index < -0.39 is 10.9 Å². The number of esters is 1. The first-order valence-electron chi connectivity index (χ1n) is 5.64. The predicted octanol–water partition coefficient (Wildman–Crippen LogP) is 1.45. The maximum absolute atomic E-state index is 11.2. The smallest absolute Gasteiger partial charge is 0.325 e. The van der Waals surface area contributed by atoms with Crippen molar-refractivity contribution in [2.75, 3.05) is 18.5 Å². The molecule has 0 fully saturated rings. The number of aromatic amines is 1. The molecule has 1 aromatic carbocycles. The Balaban J connectivity index is 2.13. The molecule has 0 bridgehead atoms. The van der Waals surface area contributed by atoms with Crippen LogP contribution >= 0.6 is 0 Å². The SMILES string of the molecule is CCOC(=O)CNc1nc2ccc([N+](=O)[O-])cc2[nH]1. The highest BCUT2D eigenvalue weighted by Gasteiger charge is 2.10. The van der Waals surface area contributed by atoms with E-state index in [9.17, 15) is 14.9 Å². The van der Waals surface area contributed by atoms with Crippen LogP contribution in [0.15, 0.2) is 18.2 Å². The van der Waals surface area contributed by atoms with Crippen LogP contribution in [0.4, 0.5) is 11.6 Å². The number of nitro benzene ring substituents is 1. The monoisotopic (exact) mass is 264 g/mol. The first kappa shape index (κ1) is 12.8. The summed E-state index contributed by atoms with van der Waals surface area (Å²) >= 11 is 0. The van der Waals surface area contributed by atoms with E-state index in [0.717, 1.165) is 0 Å². The van der Waals surface area contributed by atoms with Gasteiger partial charge in [0, 0.05) is 12.1 Å². The van der Waals surface area contributed by atoms with Gasteiger partial charge >= 0.3 is 5.97 Å². The van der Waals surface area contributed by atoms with Crippen LogP contribution in [-0.2, 0) is 9.53 Å². The van der Waals surface area contributed by atoms with E-state index in [0.29, 0.717) is 23.6 Å². The van der Waals surface area contributed by atoms with Gasteiger partial charge in [0.25, 0.3) is 5.69 Å². The van der Waals surface area contributed by atoms with Gasteiger partial charge in [-0.15, -0.1) is 0 Å². The summed E-state index contributed by atoms with van der Waals surface area (Å²) in [6, 6.07) is 4.30. The third kappa shape index (κ3) is 2.97. The normalized spacial score (nSPS) is 10.4. The molecule has 8 nitrogen and oxygen atoms in total. The van der Waals surface area contributed by atoms with Crippen LogP contribution < -0.4 is 5.32 Å². The van der Waals surface area contributed by atoms with Crippen LogP contribution in [0.3, 0.4) is 0 Å². The van der Waals surface area contributed by atoms with Crippen molar-refractivity contribution < 1.29 is 14.5 Å². The molecule has 0 amide bonds. The second-order valence-corrected chi connectivity index (χ2v) is 3.70. The molecule has 8 heteroatoms. The number of imidazole rings is 1. The van der Waals surface area contributed by atoms with Crippen molar-refractivity contribution in [3.63, 3.8) is 0 Å². The summed E-state index contributed by atoms with van der Waals surface area (Å²) in [6.07, 6.45) is 0. The number of hydrogen-bond acceptors (Lipinski definition) is 6. The third-order valence-corrected chi connectivity index (χ3v) is 2.38. The molecule has 0 spiro atoms. The Bertz CT molecular complexity index is 622. The zero-order valence-electron chi connectivity index (χ0n) is 10.2. The predicted molar refractivity (Wildman–Crippen MR) is 67.9 cm³/mol. The maximum Gasteiger partial charge on any atom is 0.325 e. The number of anilines is 1. The molecule has 0 saturated carbocycles. The number of benzene rings is 1. The lowest BCUT2D eigenvalue weighted by atomic mass is 10.3. The second kappa shape index (κ2) is 5.34. The molecule has 0 aliphatic heterocycles. The number of nitrogens with zero attached hydrogens (tertiary/aromatic N) is 2. The molecule has 100 valence electrons. The van der Waals surface area contributed by atoms with Crippen molar-refractivity contribution in [3.05, 3.63) is 28.3 Å². The Morgan fingerprint density at radius 3 is 3.05 bits per heavy atom. The van der Waals surface area contributed by atoms with Gasteiger partial charge in [0.2, 0.25) is 5.95 Å². The van der Waals surface area contributed by atoms with Gasteiger partial charge in [0.1, 0.15) is 6.54 Å². The van der Waals surface area contributed by atoms with E-state index in [1.54, 1.807) is 13.0 Å². The molecular formula is C11H12N4O4. The summed E-state index contributed by atoms with van der Waals surface area (Å²) in [5.74, 6) is -0.0301. The van der Waals surface area contributed by atoms with Crippen LogP contribution in [0.25, 0.3) is 11.0 Å². The minimum atomic E-state index is -0.480. The zero-order valence-corrected chi connectivity index (χ0v) is 10.2. The number of fused-ring (bicyclic) bond motifs is 1. The molecule has 1 aromatic heterocycles. The quantitative estimate of drug-likeness (QED) is 0.480. The van der Waals surface area contributed by atoms with Gasteiger partial charge in [-0.3, -0.25) is 14.9 Å². The fraction of sp³-hybridized carbons (Fsp3) is 0.273. The van der Waals surface area contributed by atoms with Crippen LogP contribution in [0.2, 0.25) is 0 Å². The van der Waals surface area contributed by atoms with E-state index in [1.807, 2.05) is 0 Å². The number of carbonyl (C=O) groups is 1. The van der Waals surface area contributed by atoms with Crippen molar-refractivity contribution in [2.45, 2.75) is 6.92 Å². The Morgan fingerprint density at radius 1 is 1.58 bits per heavy atom. The molecule has 1 heterocycles. The molecule has 0 aliphatic rings. The Morgan fingerprint density at radius 2 is 2.37 bits per heavy atom. The summed E-state index contributed by atoms with van der Waals surface area (Å²) in [6.45, 7) is 2.01. The average molecular weight is 264 g/mol. The minimum Gasteiger partial charge on any atom is -0.465 e. The van der Waals surface area contributed by atoms with E-state index in [1.165, 1.54) is 12.1 Å². The van der Waals surface area contributed by atoms with E-state index in [-0.39, 0.29) is 12.2 Å². The molecule has 2 N–H and O–H groups in total. The highest BCUT2D eigenvalue weighted by molar-refractivity contribution is 5.81. The van der Waals surface area contributed by atoms with E-state index in [2.05, 4.69) is 15.3 Å². The van der Waals surface area contributed by atoms with Gasteiger partial charge in [0.15, 0.2) is 0 Å². The van der Waals surface area contributed by atoms with Crippen molar-refractivity contribution in [1.82, 2.24) is 9.97 Å². The highest BCUT2D eigenvalue weighted by atomic mass is 16.6. The molecule has 0 radical (unpaired) electrons. The van der Waals surface area contributed by atoms with Crippen LogP contribution in [-0.4, -0.2) is 34.0 Å². The van der Waals surface area contributed by atoms with Gasteiger partial charge in [-0.05, 0) is 13.0 Å². The number of aromatic nitrogens is 2. The standard InChI is InChI=1S/C11H12N4O4/c1-2-19-10(16)6-12-11-13-8-4-3-7(15(17)18)5-9(8)14-11/h3-5H,2,6H2,1H3,(H2,12,13,14). The summed E-state index contributed by atoms with van der Waals surface area (Å²) in [5.41, 5.74) is 1.09. The Hall–Kier alpha value is -2.64. The zero-order chi connectivity index (χ0) is 13.8. The summed E-state index contributed by atoms with van der Waals surface area (Å²) in [4.78, 5) is 28.3. The van der Waals surface area contributed by atoms with Crippen LogP contribution in [0.1, 0.15) is 6.92 Å². The molecule has 2 aromatic rings. The van der Waals surface area contributed by atoms with Gasteiger partial charge < -0.3 is 15.0 Å². The Labute approximate surface area is 107 Å². The minimum absolute atomic E-state index is 0.0181. The lowest BCUT2D eigenvalue weighted by Gasteiger charge is -2.01.